The Morgan fingerprint density at radius 2 is 1.72 bits per heavy atom. The van der Waals surface area contributed by atoms with Crippen LogP contribution in [0.3, 0.4) is 0 Å². The minimum Gasteiger partial charge on any atom is -0.491 e. The number of alkyl carbamates (subject to hydrolysis) is 1. The minimum atomic E-state index is -1.12. The van der Waals surface area contributed by atoms with E-state index in [0.29, 0.717) is 16.9 Å². The Kier molecular flexibility index (Phi) is 8.40. The van der Waals surface area contributed by atoms with Gasteiger partial charge < -0.3 is 19.7 Å². The van der Waals surface area contributed by atoms with Crippen LogP contribution < -0.4 is 10.1 Å². The van der Waals surface area contributed by atoms with Crippen LogP contribution in [0.5, 0.6) is 5.75 Å². The number of rotatable bonds is 9. The average Bonchev–Trinajstić information content (AvgIpc) is 2.72. The molecular formula is C21H21NO7. The van der Waals surface area contributed by atoms with Crippen LogP contribution in [0.15, 0.2) is 66.7 Å². The van der Waals surface area contributed by atoms with Crippen molar-refractivity contribution in [2.75, 3.05) is 13.2 Å². The van der Waals surface area contributed by atoms with Gasteiger partial charge in [-0.1, -0.05) is 36.4 Å². The number of carbonyl (C=O) groups excluding carboxylic acids is 2. The maximum atomic E-state index is 12.2. The number of aliphatic carboxylic acids is 1. The van der Waals surface area contributed by atoms with Gasteiger partial charge in [-0.15, -0.1) is 0 Å². The molecule has 0 aliphatic rings. The zero-order chi connectivity index (χ0) is 21.1. The first-order valence-electron chi connectivity index (χ1n) is 8.79. The summed E-state index contributed by atoms with van der Waals surface area (Å²) in [5, 5.41) is 19.7. The number of imide groups is 1. The highest BCUT2D eigenvalue weighted by atomic mass is 16.6. The van der Waals surface area contributed by atoms with Crippen molar-refractivity contribution in [1.82, 2.24) is 5.32 Å². The molecule has 0 heterocycles. The van der Waals surface area contributed by atoms with E-state index in [1.54, 1.807) is 54.6 Å². The maximum absolute atomic E-state index is 12.2. The van der Waals surface area contributed by atoms with Crippen LogP contribution in [-0.4, -0.2) is 41.4 Å². The minimum absolute atomic E-state index is 0.0933. The molecule has 1 atom stereocenters. The van der Waals surface area contributed by atoms with Crippen molar-refractivity contribution in [1.29, 1.82) is 0 Å². The van der Waals surface area contributed by atoms with E-state index >= 15 is 0 Å². The van der Waals surface area contributed by atoms with Gasteiger partial charge in [0.05, 0.1) is 6.61 Å². The normalized spacial score (nSPS) is 11.6. The number of aliphatic hydroxyl groups excluding tert-OH is 1. The molecule has 2 aromatic carbocycles. The first kappa shape index (κ1) is 21.6. The number of carboxylic acid groups (broad SMARTS) is 1. The molecule has 8 heteroatoms. The highest BCUT2D eigenvalue weighted by Gasteiger charge is 2.18. The Morgan fingerprint density at radius 1 is 1.03 bits per heavy atom. The summed E-state index contributed by atoms with van der Waals surface area (Å²) in [5.74, 6) is -1.21. The van der Waals surface area contributed by atoms with Crippen LogP contribution in [0.25, 0.3) is 0 Å². The molecule has 0 unspecified atom stereocenters. The van der Waals surface area contributed by atoms with Gasteiger partial charge in [-0.05, 0) is 29.8 Å². The van der Waals surface area contributed by atoms with Gasteiger partial charge in [-0.25, -0.2) is 9.59 Å². The average molecular weight is 399 g/mol. The second-order valence-electron chi connectivity index (χ2n) is 5.83. The van der Waals surface area contributed by atoms with Gasteiger partial charge in [-0.2, -0.15) is 0 Å². The molecule has 3 N–H and O–H groups in total. The molecule has 0 radical (unpaired) electrons. The first-order chi connectivity index (χ1) is 14.0. The second-order valence-corrected chi connectivity index (χ2v) is 5.83. The largest absolute Gasteiger partial charge is 0.491 e. The summed E-state index contributed by atoms with van der Waals surface area (Å²) < 4.78 is 10.6. The molecular weight excluding hydrogens is 378 g/mol. The van der Waals surface area contributed by atoms with Crippen molar-refractivity contribution in [3.63, 3.8) is 0 Å². The van der Waals surface area contributed by atoms with E-state index in [1.165, 1.54) is 6.08 Å². The summed E-state index contributed by atoms with van der Waals surface area (Å²) in [6.45, 7) is 0.0215. The highest BCUT2D eigenvalue weighted by molar-refractivity contribution is 6.02. The van der Waals surface area contributed by atoms with Gasteiger partial charge in [0, 0.05) is 18.1 Å². The lowest BCUT2D eigenvalue weighted by Gasteiger charge is -2.17. The fraction of sp³-hybridized carbons (Fsp3) is 0.190. The van der Waals surface area contributed by atoms with Gasteiger partial charge >= 0.3 is 12.1 Å². The molecule has 0 fully saturated rings. The number of amides is 2. The number of ether oxygens (including phenoxy) is 2. The van der Waals surface area contributed by atoms with Gasteiger partial charge in [0.1, 0.15) is 18.5 Å². The predicted octanol–water partition coefficient (Wildman–Crippen LogP) is 2.70. The fourth-order valence-corrected chi connectivity index (χ4v) is 2.40. The van der Waals surface area contributed by atoms with E-state index < -0.39 is 24.1 Å². The Morgan fingerprint density at radius 3 is 2.34 bits per heavy atom. The van der Waals surface area contributed by atoms with Crippen LogP contribution in [0.1, 0.15) is 28.4 Å². The molecule has 0 aliphatic carbocycles. The summed E-state index contributed by atoms with van der Waals surface area (Å²) in [6, 6.07) is 14.8. The predicted molar refractivity (Wildman–Crippen MR) is 104 cm³/mol. The molecule has 0 saturated heterocycles. The number of hydrogen-bond acceptors (Lipinski definition) is 6. The molecule has 0 spiro atoms. The summed E-state index contributed by atoms with van der Waals surface area (Å²) in [5.41, 5.74) is 0.885. The van der Waals surface area contributed by atoms with Crippen LogP contribution in [0.2, 0.25) is 0 Å². The standard InChI is InChI=1S/C21H21NO7/c23-13-14-28-17-11-9-15(10-12-17)18(7-4-8-19(24)25)29-21(27)22-20(26)16-5-2-1-3-6-16/h1-6,8-12,18,23H,7,13-14H2,(H,24,25)(H,22,26,27)/b8-4+/t18-/m1/s1. The van der Waals surface area contributed by atoms with Crippen molar-refractivity contribution >= 4 is 18.0 Å². The van der Waals surface area contributed by atoms with Crippen molar-refractivity contribution in [3.8, 4) is 5.75 Å². The monoisotopic (exact) mass is 399 g/mol. The molecule has 2 rings (SSSR count). The summed E-state index contributed by atoms with van der Waals surface area (Å²) >= 11 is 0. The van der Waals surface area contributed by atoms with E-state index in [9.17, 15) is 14.4 Å². The van der Waals surface area contributed by atoms with Crippen LogP contribution in [0, 0.1) is 0 Å². The Balaban J connectivity index is 2.07. The quantitative estimate of drug-likeness (QED) is 0.554. The number of nitrogens with one attached hydrogen (secondary N) is 1. The zero-order valence-corrected chi connectivity index (χ0v) is 15.5. The second kappa shape index (κ2) is 11.3. The van der Waals surface area contributed by atoms with Crippen LogP contribution >= 0.6 is 0 Å². The third-order valence-corrected chi connectivity index (χ3v) is 3.72. The van der Waals surface area contributed by atoms with Gasteiger partial charge in [0.25, 0.3) is 5.91 Å². The van der Waals surface area contributed by atoms with E-state index in [-0.39, 0.29) is 19.6 Å². The van der Waals surface area contributed by atoms with Gasteiger partial charge in [-0.3, -0.25) is 10.1 Å². The highest BCUT2D eigenvalue weighted by Crippen LogP contribution is 2.24. The third kappa shape index (κ3) is 7.47. The first-order valence-corrected chi connectivity index (χ1v) is 8.79. The molecule has 0 saturated carbocycles. The van der Waals surface area contributed by atoms with Crippen LogP contribution in [0.4, 0.5) is 4.79 Å². The van der Waals surface area contributed by atoms with Crippen molar-refractivity contribution in [2.24, 2.45) is 0 Å². The zero-order valence-electron chi connectivity index (χ0n) is 15.5. The molecule has 0 aliphatic heterocycles. The third-order valence-electron chi connectivity index (χ3n) is 3.72. The lowest BCUT2D eigenvalue weighted by Crippen LogP contribution is -2.32. The molecule has 29 heavy (non-hydrogen) atoms. The maximum Gasteiger partial charge on any atom is 0.414 e. The van der Waals surface area contributed by atoms with Crippen molar-refractivity contribution < 1.29 is 34.1 Å². The van der Waals surface area contributed by atoms with Crippen molar-refractivity contribution in [2.45, 2.75) is 12.5 Å². The summed E-state index contributed by atoms with van der Waals surface area (Å²) in [7, 11) is 0. The van der Waals surface area contributed by atoms with E-state index in [1.807, 2.05) is 0 Å². The molecule has 8 nitrogen and oxygen atoms in total. The van der Waals surface area contributed by atoms with Crippen LogP contribution in [-0.2, 0) is 9.53 Å². The number of carboxylic acids is 1. The molecule has 2 aromatic rings. The molecule has 0 bridgehead atoms. The molecule has 152 valence electrons. The summed E-state index contributed by atoms with van der Waals surface area (Å²) in [6.07, 6.45) is 0.627. The lowest BCUT2D eigenvalue weighted by atomic mass is 10.1. The van der Waals surface area contributed by atoms with E-state index in [2.05, 4.69) is 5.32 Å². The topological polar surface area (TPSA) is 122 Å². The summed E-state index contributed by atoms with van der Waals surface area (Å²) in [4.78, 5) is 34.9. The van der Waals surface area contributed by atoms with Gasteiger partial charge in [0.15, 0.2) is 0 Å². The number of aliphatic hydroxyl groups is 1. The van der Waals surface area contributed by atoms with Gasteiger partial charge in [0.2, 0.25) is 0 Å². The smallest absolute Gasteiger partial charge is 0.414 e. The molecule has 0 aromatic heterocycles. The lowest BCUT2D eigenvalue weighted by molar-refractivity contribution is -0.131. The number of carbonyl (C=O) groups is 3. The Labute approximate surface area is 167 Å². The van der Waals surface area contributed by atoms with Crippen molar-refractivity contribution in [3.05, 3.63) is 77.9 Å². The Bertz CT molecular complexity index is 847. The number of hydrogen-bond donors (Lipinski definition) is 3. The molecule has 2 amide bonds. The van der Waals surface area contributed by atoms with E-state index in [0.717, 1.165) is 6.08 Å². The van der Waals surface area contributed by atoms with E-state index in [4.69, 9.17) is 19.7 Å². The fourth-order valence-electron chi connectivity index (χ4n) is 2.40. The Hall–Kier alpha value is -3.65. The SMILES string of the molecule is O=C(O)/C=C/C[C@@H](OC(=O)NC(=O)c1ccccc1)c1ccc(OCCO)cc1. The number of benzene rings is 2.